The zero-order chi connectivity index (χ0) is 21.3. The molecule has 2 aliphatic heterocycles. The van der Waals surface area contributed by atoms with Gasteiger partial charge in [0.1, 0.15) is 6.10 Å². The largest absolute Gasteiger partial charge is 0.379 e. The molecule has 2 fully saturated rings. The maximum absolute atomic E-state index is 6.03. The summed E-state index contributed by atoms with van der Waals surface area (Å²) < 4.78 is 13.5. The third-order valence-electron chi connectivity index (χ3n) is 6.33. The number of halogens is 1. The van der Waals surface area contributed by atoms with Gasteiger partial charge in [0.05, 0.1) is 39.1 Å². The fraction of sp³-hybridized carbons (Fsp3) is 0.818. The normalized spacial score (nSPS) is 21.8. The van der Waals surface area contributed by atoms with Crippen LogP contribution >= 0.6 is 24.0 Å². The Morgan fingerprint density at radius 2 is 1.94 bits per heavy atom. The summed E-state index contributed by atoms with van der Waals surface area (Å²) in [6.07, 6.45) is 6.35. The van der Waals surface area contributed by atoms with Crippen LogP contribution in [0.3, 0.4) is 0 Å². The molecule has 2 aliphatic rings. The monoisotopic (exact) mass is 548 g/mol. The summed E-state index contributed by atoms with van der Waals surface area (Å²) in [5, 5.41) is 7.82. The highest BCUT2D eigenvalue weighted by Gasteiger charge is 2.28. The van der Waals surface area contributed by atoms with Gasteiger partial charge in [-0.1, -0.05) is 26.7 Å². The molecule has 2 unspecified atom stereocenters. The van der Waals surface area contributed by atoms with Gasteiger partial charge in [0.25, 0.3) is 0 Å². The van der Waals surface area contributed by atoms with Gasteiger partial charge in [-0.2, -0.15) is 5.10 Å². The molecule has 3 rings (SSSR count). The fourth-order valence-electron chi connectivity index (χ4n) is 4.56. The van der Waals surface area contributed by atoms with Gasteiger partial charge in [0.15, 0.2) is 5.96 Å². The molecule has 2 atom stereocenters. The first kappa shape index (κ1) is 26.3. The number of aromatic nitrogens is 2. The smallest absolute Gasteiger partial charge is 0.194 e. The average Bonchev–Trinajstić information content (AvgIpc) is 3.23. The molecule has 0 saturated carbocycles. The van der Waals surface area contributed by atoms with E-state index in [1.165, 1.54) is 12.8 Å². The lowest BCUT2D eigenvalue weighted by molar-refractivity contribution is -0.00855. The van der Waals surface area contributed by atoms with Crippen LogP contribution in [-0.4, -0.2) is 90.7 Å². The second kappa shape index (κ2) is 13.6. The standard InChI is InChI=1S/C22H40N6O2.HI/c1-5-18(6-2)20(27-8-11-29-12-9-27)15-24-22(23-7-3)28-10-13-30-21(17-28)19-14-25-26(4)16-19;/h14,16,18,20-21H,5-13,15,17H2,1-4H3,(H,23,24);1H. The Morgan fingerprint density at radius 1 is 1.19 bits per heavy atom. The second-order valence-corrected chi connectivity index (χ2v) is 8.24. The van der Waals surface area contributed by atoms with Crippen molar-refractivity contribution in [1.82, 2.24) is 24.9 Å². The van der Waals surface area contributed by atoms with Gasteiger partial charge >= 0.3 is 0 Å². The van der Waals surface area contributed by atoms with Gasteiger partial charge in [-0.15, -0.1) is 24.0 Å². The van der Waals surface area contributed by atoms with Gasteiger partial charge in [-0.05, 0) is 12.8 Å². The van der Waals surface area contributed by atoms with Crippen molar-refractivity contribution in [3.63, 3.8) is 0 Å². The van der Waals surface area contributed by atoms with Gasteiger partial charge in [-0.3, -0.25) is 14.6 Å². The molecule has 3 heterocycles. The quantitative estimate of drug-likeness (QED) is 0.306. The molecule has 0 aliphatic carbocycles. The van der Waals surface area contributed by atoms with Crippen molar-refractivity contribution >= 4 is 29.9 Å². The number of rotatable bonds is 8. The molecular weight excluding hydrogens is 507 g/mol. The Morgan fingerprint density at radius 3 is 2.55 bits per heavy atom. The Kier molecular flexibility index (Phi) is 11.6. The highest BCUT2D eigenvalue weighted by atomic mass is 127. The number of aliphatic imine (C=N–C) groups is 1. The van der Waals surface area contributed by atoms with E-state index >= 15 is 0 Å². The number of nitrogens with one attached hydrogen (secondary N) is 1. The lowest BCUT2D eigenvalue weighted by Gasteiger charge is -2.39. The Bertz CT molecular complexity index is 660. The molecule has 1 aromatic rings. The average molecular weight is 549 g/mol. The summed E-state index contributed by atoms with van der Waals surface area (Å²) in [5.41, 5.74) is 1.13. The van der Waals surface area contributed by atoms with Gasteiger partial charge in [0, 0.05) is 51.0 Å². The van der Waals surface area contributed by atoms with E-state index in [2.05, 4.69) is 41.0 Å². The van der Waals surface area contributed by atoms with Gasteiger partial charge < -0.3 is 19.7 Å². The second-order valence-electron chi connectivity index (χ2n) is 8.24. The highest BCUT2D eigenvalue weighted by Crippen LogP contribution is 2.23. The maximum Gasteiger partial charge on any atom is 0.194 e. The summed E-state index contributed by atoms with van der Waals surface area (Å²) in [5.74, 6) is 1.65. The molecule has 1 aromatic heterocycles. The van der Waals surface area contributed by atoms with Crippen LogP contribution in [0.2, 0.25) is 0 Å². The molecular formula is C22H41IN6O2. The molecule has 31 heavy (non-hydrogen) atoms. The number of aryl methyl sites for hydroxylation is 1. The maximum atomic E-state index is 6.03. The Hall–Kier alpha value is -0.910. The first-order chi connectivity index (χ1) is 14.7. The van der Waals surface area contributed by atoms with Crippen LogP contribution < -0.4 is 5.32 Å². The van der Waals surface area contributed by atoms with E-state index in [0.717, 1.165) is 64.0 Å². The Labute approximate surface area is 204 Å². The number of hydrogen-bond donors (Lipinski definition) is 1. The van der Waals surface area contributed by atoms with Crippen LogP contribution in [0.5, 0.6) is 0 Å². The molecule has 8 nitrogen and oxygen atoms in total. The van der Waals surface area contributed by atoms with E-state index in [0.29, 0.717) is 18.6 Å². The van der Waals surface area contributed by atoms with E-state index in [4.69, 9.17) is 14.5 Å². The number of ether oxygens (including phenoxy) is 2. The number of hydrogen-bond acceptors (Lipinski definition) is 5. The molecule has 0 radical (unpaired) electrons. The molecule has 0 bridgehead atoms. The SMILES string of the molecule is CCNC(=NCC(C(CC)CC)N1CCOCC1)N1CCOC(c2cnn(C)c2)C1.I. The molecule has 0 spiro atoms. The van der Waals surface area contributed by atoms with Crippen molar-refractivity contribution in [2.75, 3.05) is 59.1 Å². The van der Waals surface area contributed by atoms with E-state index < -0.39 is 0 Å². The van der Waals surface area contributed by atoms with Crippen molar-refractivity contribution in [3.8, 4) is 0 Å². The van der Waals surface area contributed by atoms with Crippen molar-refractivity contribution in [1.29, 1.82) is 0 Å². The van der Waals surface area contributed by atoms with Crippen molar-refractivity contribution in [2.24, 2.45) is 18.0 Å². The van der Waals surface area contributed by atoms with Crippen LogP contribution in [0.15, 0.2) is 17.4 Å². The number of guanidine groups is 1. The summed E-state index contributed by atoms with van der Waals surface area (Å²) in [7, 11) is 1.94. The van der Waals surface area contributed by atoms with E-state index in [1.54, 1.807) is 0 Å². The molecule has 1 N–H and O–H groups in total. The van der Waals surface area contributed by atoms with Crippen LogP contribution in [0.1, 0.15) is 45.3 Å². The minimum Gasteiger partial charge on any atom is -0.379 e. The highest BCUT2D eigenvalue weighted by molar-refractivity contribution is 14.0. The zero-order valence-corrected chi connectivity index (χ0v) is 22.0. The number of nitrogens with zero attached hydrogens (tertiary/aromatic N) is 5. The first-order valence-electron chi connectivity index (χ1n) is 11.6. The molecule has 178 valence electrons. The summed E-state index contributed by atoms with van der Waals surface area (Å²) in [6, 6.07) is 0.465. The molecule has 0 aromatic carbocycles. The Balaban J connectivity index is 0.00000341. The first-order valence-corrected chi connectivity index (χ1v) is 11.6. The third kappa shape index (κ3) is 7.30. The fourth-order valence-corrected chi connectivity index (χ4v) is 4.56. The lowest BCUT2D eigenvalue weighted by Crippen LogP contribution is -2.50. The molecule has 2 saturated heterocycles. The predicted molar refractivity (Wildman–Crippen MR) is 135 cm³/mol. The minimum atomic E-state index is 0. The molecule has 9 heteroatoms. The van der Waals surface area contributed by atoms with Gasteiger partial charge in [-0.25, -0.2) is 0 Å². The summed E-state index contributed by atoms with van der Waals surface area (Å²) >= 11 is 0. The molecule has 0 amide bonds. The van der Waals surface area contributed by atoms with Crippen molar-refractivity contribution in [3.05, 3.63) is 18.0 Å². The minimum absolute atomic E-state index is 0. The van der Waals surface area contributed by atoms with Crippen molar-refractivity contribution < 1.29 is 9.47 Å². The topological polar surface area (TPSA) is 67.2 Å². The summed E-state index contributed by atoms with van der Waals surface area (Å²) in [6.45, 7) is 14.5. The third-order valence-corrected chi connectivity index (χ3v) is 6.33. The van der Waals surface area contributed by atoms with Crippen LogP contribution in [-0.2, 0) is 16.5 Å². The van der Waals surface area contributed by atoms with Crippen LogP contribution in [0.4, 0.5) is 0 Å². The van der Waals surface area contributed by atoms with E-state index in [9.17, 15) is 0 Å². The lowest BCUT2D eigenvalue weighted by atomic mass is 9.92. The predicted octanol–water partition coefficient (Wildman–Crippen LogP) is 2.51. The van der Waals surface area contributed by atoms with Crippen LogP contribution in [0.25, 0.3) is 0 Å². The van der Waals surface area contributed by atoms with E-state index in [-0.39, 0.29) is 30.1 Å². The van der Waals surface area contributed by atoms with Crippen LogP contribution in [0, 0.1) is 5.92 Å². The zero-order valence-electron chi connectivity index (χ0n) is 19.6. The summed E-state index contributed by atoms with van der Waals surface area (Å²) in [4.78, 5) is 10.1. The van der Waals surface area contributed by atoms with Gasteiger partial charge in [0.2, 0.25) is 0 Å². The van der Waals surface area contributed by atoms with Crippen molar-refractivity contribution in [2.45, 2.75) is 45.8 Å². The van der Waals surface area contributed by atoms with E-state index in [1.807, 2.05) is 24.1 Å². The number of morpholine rings is 2.